The summed E-state index contributed by atoms with van der Waals surface area (Å²) in [7, 11) is 0. The Labute approximate surface area is 149 Å². The Morgan fingerprint density at radius 2 is 1.58 bits per heavy atom. The number of halogens is 4. The first-order valence-corrected chi connectivity index (χ1v) is 8.08. The van der Waals surface area contributed by atoms with E-state index in [1.165, 1.54) is 24.1 Å². The van der Waals surface area contributed by atoms with Gasteiger partial charge < -0.3 is 4.74 Å². The van der Waals surface area contributed by atoms with Gasteiger partial charge in [-0.2, -0.15) is 10.2 Å². The monoisotopic (exact) mass is 366 g/mol. The summed E-state index contributed by atoms with van der Waals surface area (Å²) in [6.07, 6.45) is 1.16. The molecule has 0 saturated carbocycles. The molecule has 0 spiro atoms. The van der Waals surface area contributed by atoms with Crippen LogP contribution in [0.2, 0.25) is 0 Å². The van der Waals surface area contributed by atoms with Crippen LogP contribution in [-0.4, -0.2) is 18.8 Å². The van der Waals surface area contributed by atoms with Gasteiger partial charge in [0.15, 0.2) is 11.6 Å². The van der Waals surface area contributed by atoms with Crippen molar-refractivity contribution >= 4 is 12.4 Å². The normalized spacial score (nSPS) is 12.2. The Bertz CT molecular complexity index is 768. The van der Waals surface area contributed by atoms with Crippen LogP contribution in [0.5, 0.6) is 5.75 Å². The molecule has 0 aliphatic rings. The average molecular weight is 366 g/mol. The van der Waals surface area contributed by atoms with Crippen LogP contribution in [0.1, 0.15) is 36.5 Å². The predicted octanol–water partition coefficient (Wildman–Crippen LogP) is 5.52. The van der Waals surface area contributed by atoms with Gasteiger partial charge in [-0.15, -0.1) is 13.2 Å². The Hall–Kier alpha value is -2.70. The van der Waals surface area contributed by atoms with Crippen LogP contribution in [0.4, 0.5) is 17.6 Å². The van der Waals surface area contributed by atoms with Gasteiger partial charge in [-0.05, 0) is 47.7 Å². The van der Waals surface area contributed by atoms with Crippen molar-refractivity contribution in [2.75, 3.05) is 0 Å². The van der Waals surface area contributed by atoms with Crippen LogP contribution in [0.3, 0.4) is 0 Å². The van der Waals surface area contributed by atoms with Crippen LogP contribution in [0, 0.1) is 5.82 Å². The molecule has 7 heteroatoms. The first-order valence-electron chi connectivity index (χ1n) is 8.08. The topological polar surface area (TPSA) is 34.0 Å². The molecule has 0 saturated heterocycles. The van der Waals surface area contributed by atoms with Crippen molar-refractivity contribution in [3.63, 3.8) is 0 Å². The minimum atomic E-state index is -4.94. The molecule has 2 aromatic rings. The SMILES string of the molecule is CCCCc1ccc(/C=N/N=C\c2ccc(OC(F)(F)F)c(F)c2)cc1. The molecule has 3 nitrogen and oxygen atoms in total. The number of ether oxygens (including phenoxy) is 1. The second kappa shape index (κ2) is 9.12. The Kier molecular flexibility index (Phi) is 6.89. The molecule has 0 atom stereocenters. The van der Waals surface area contributed by atoms with E-state index in [2.05, 4.69) is 21.9 Å². The van der Waals surface area contributed by atoms with E-state index in [-0.39, 0.29) is 5.56 Å². The third-order valence-electron chi connectivity index (χ3n) is 3.46. The highest BCUT2D eigenvalue weighted by Crippen LogP contribution is 2.25. The highest BCUT2D eigenvalue weighted by molar-refractivity contribution is 5.82. The van der Waals surface area contributed by atoms with Crippen molar-refractivity contribution in [3.8, 4) is 5.75 Å². The number of alkyl halides is 3. The summed E-state index contributed by atoms with van der Waals surface area (Å²) in [5.41, 5.74) is 2.38. The third-order valence-corrected chi connectivity index (χ3v) is 3.46. The van der Waals surface area contributed by atoms with Gasteiger partial charge in [0.25, 0.3) is 0 Å². The molecular weight excluding hydrogens is 348 g/mol. The van der Waals surface area contributed by atoms with Crippen LogP contribution < -0.4 is 4.74 Å². The lowest BCUT2D eigenvalue weighted by Gasteiger charge is -2.09. The molecule has 0 amide bonds. The standard InChI is InChI=1S/C19H18F4N2O/c1-2-3-4-14-5-7-15(8-6-14)12-24-25-13-16-9-10-18(17(20)11-16)26-19(21,22)23/h5-13H,2-4H2,1H3/b24-12+,25-13-. The van der Waals surface area contributed by atoms with Gasteiger partial charge in [0.1, 0.15) is 0 Å². The second-order valence-electron chi connectivity index (χ2n) is 5.57. The van der Waals surface area contributed by atoms with Gasteiger partial charge in [-0.3, -0.25) is 0 Å². The summed E-state index contributed by atoms with van der Waals surface area (Å²) in [4.78, 5) is 0. The van der Waals surface area contributed by atoms with Crippen molar-refractivity contribution < 1.29 is 22.3 Å². The van der Waals surface area contributed by atoms with E-state index >= 15 is 0 Å². The summed E-state index contributed by atoms with van der Waals surface area (Å²) >= 11 is 0. The predicted molar refractivity (Wildman–Crippen MR) is 93.3 cm³/mol. The van der Waals surface area contributed by atoms with E-state index < -0.39 is 17.9 Å². The van der Waals surface area contributed by atoms with Gasteiger partial charge in [-0.1, -0.05) is 37.6 Å². The van der Waals surface area contributed by atoms with Crippen molar-refractivity contribution in [2.45, 2.75) is 32.5 Å². The molecule has 138 valence electrons. The highest BCUT2D eigenvalue weighted by Gasteiger charge is 2.32. The van der Waals surface area contributed by atoms with E-state index in [1.54, 1.807) is 0 Å². The lowest BCUT2D eigenvalue weighted by molar-refractivity contribution is -0.275. The zero-order valence-electron chi connectivity index (χ0n) is 14.1. The third kappa shape index (κ3) is 6.66. The van der Waals surface area contributed by atoms with Gasteiger partial charge in [-0.25, -0.2) is 4.39 Å². The number of hydrogen-bond donors (Lipinski definition) is 0. The summed E-state index contributed by atoms with van der Waals surface area (Å²) in [5, 5.41) is 7.62. The summed E-state index contributed by atoms with van der Waals surface area (Å²) < 4.78 is 53.4. The van der Waals surface area contributed by atoms with Crippen LogP contribution in [0.15, 0.2) is 52.7 Å². The zero-order chi connectivity index (χ0) is 19.0. The first kappa shape index (κ1) is 19.6. The lowest BCUT2D eigenvalue weighted by Crippen LogP contribution is -2.18. The maximum atomic E-state index is 13.6. The fourth-order valence-corrected chi connectivity index (χ4v) is 2.16. The van der Waals surface area contributed by atoms with Gasteiger partial charge in [0.05, 0.1) is 12.4 Å². The van der Waals surface area contributed by atoms with Crippen LogP contribution >= 0.6 is 0 Å². The Morgan fingerprint density at radius 1 is 0.962 bits per heavy atom. The molecule has 0 fully saturated rings. The quantitative estimate of drug-likeness (QED) is 0.361. The number of rotatable bonds is 7. The van der Waals surface area contributed by atoms with Gasteiger partial charge in [0.2, 0.25) is 0 Å². The second-order valence-corrected chi connectivity index (χ2v) is 5.57. The number of benzene rings is 2. The average Bonchev–Trinajstić information content (AvgIpc) is 2.59. The van der Waals surface area contributed by atoms with Crippen LogP contribution in [-0.2, 0) is 6.42 Å². The number of nitrogens with zero attached hydrogens (tertiary/aromatic N) is 2. The summed E-state index contributed by atoms with van der Waals surface area (Å²) in [6.45, 7) is 2.14. The van der Waals surface area contributed by atoms with Gasteiger partial charge >= 0.3 is 6.36 Å². The van der Waals surface area contributed by atoms with E-state index in [9.17, 15) is 17.6 Å². The summed E-state index contributed by atoms with van der Waals surface area (Å²) in [6, 6.07) is 10.9. The molecular formula is C19H18F4N2O. The highest BCUT2D eigenvalue weighted by atomic mass is 19.4. The van der Waals surface area contributed by atoms with E-state index in [0.29, 0.717) is 0 Å². The van der Waals surface area contributed by atoms with Crippen molar-refractivity contribution in [3.05, 3.63) is 65.0 Å². The smallest absolute Gasteiger partial charge is 0.403 e. The van der Waals surface area contributed by atoms with Gasteiger partial charge in [0, 0.05) is 0 Å². The van der Waals surface area contributed by atoms with E-state index in [1.807, 2.05) is 24.3 Å². The zero-order valence-corrected chi connectivity index (χ0v) is 14.1. The molecule has 0 radical (unpaired) electrons. The first-order chi connectivity index (χ1) is 12.4. The molecule has 2 aromatic carbocycles. The van der Waals surface area contributed by atoms with Crippen molar-refractivity contribution in [1.82, 2.24) is 0 Å². The van der Waals surface area contributed by atoms with E-state index in [0.717, 1.165) is 37.0 Å². The van der Waals surface area contributed by atoms with Crippen molar-refractivity contribution in [2.24, 2.45) is 10.2 Å². The molecule has 0 bridgehead atoms. The molecule has 0 N–H and O–H groups in total. The molecule has 0 aliphatic carbocycles. The van der Waals surface area contributed by atoms with E-state index in [4.69, 9.17) is 0 Å². The van der Waals surface area contributed by atoms with Crippen molar-refractivity contribution in [1.29, 1.82) is 0 Å². The maximum absolute atomic E-state index is 13.6. The Morgan fingerprint density at radius 3 is 2.15 bits per heavy atom. The largest absolute Gasteiger partial charge is 0.573 e. The number of hydrogen-bond acceptors (Lipinski definition) is 3. The minimum Gasteiger partial charge on any atom is -0.403 e. The number of unbranched alkanes of at least 4 members (excludes halogenated alkanes) is 1. The summed E-state index contributed by atoms with van der Waals surface area (Å²) in [5.74, 6) is -2.01. The van der Waals surface area contributed by atoms with Crippen LogP contribution in [0.25, 0.3) is 0 Å². The fraction of sp³-hybridized carbons (Fsp3) is 0.263. The molecule has 26 heavy (non-hydrogen) atoms. The fourth-order valence-electron chi connectivity index (χ4n) is 2.16. The molecule has 0 aromatic heterocycles. The molecule has 2 rings (SSSR count). The minimum absolute atomic E-state index is 0.268. The maximum Gasteiger partial charge on any atom is 0.573 e. The Balaban J connectivity index is 1.95. The number of aryl methyl sites for hydroxylation is 1. The molecule has 0 heterocycles. The molecule has 0 aliphatic heterocycles. The molecule has 0 unspecified atom stereocenters. The lowest BCUT2D eigenvalue weighted by atomic mass is 10.1.